The highest BCUT2D eigenvalue weighted by Crippen LogP contribution is 2.27. The highest BCUT2D eigenvalue weighted by atomic mass is 16.3. The predicted octanol–water partition coefficient (Wildman–Crippen LogP) is 1.41. The normalized spacial score (nSPS) is 13.6. The fraction of sp³-hybridized carbons (Fsp3) is 0.267. The van der Waals surface area contributed by atoms with E-state index in [4.69, 9.17) is 4.42 Å². The predicted molar refractivity (Wildman–Crippen MR) is 76.8 cm³/mol. The van der Waals surface area contributed by atoms with Gasteiger partial charge >= 0.3 is 0 Å². The molecule has 0 saturated carbocycles. The molecule has 1 amide bonds. The Labute approximate surface area is 126 Å². The fourth-order valence-electron chi connectivity index (χ4n) is 2.85. The van der Waals surface area contributed by atoms with Crippen LogP contribution in [0.5, 0.6) is 0 Å². The summed E-state index contributed by atoms with van der Waals surface area (Å²) < 4.78 is 9.03. The van der Waals surface area contributed by atoms with Crippen LogP contribution in [0.25, 0.3) is 0 Å². The van der Waals surface area contributed by atoms with E-state index < -0.39 is 0 Å². The van der Waals surface area contributed by atoms with E-state index in [-0.39, 0.29) is 5.91 Å². The van der Waals surface area contributed by atoms with Crippen molar-refractivity contribution in [2.24, 2.45) is 7.05 Å². The highest BCUT2D eigenvalue weighted by Gasteiger charge is 2.31. The van der Waals surface area contributed by atoms with Gasteiger partial charge in [-0.15, -0.1) is 0 Å². The second-order valence-electron chi connectivity index (χ2n) is 5.37. The van der Waals surface area contributed by atoms with Crippen LogP contribution in [0.4, 0.5) is 0 Å². The number of nitrogens with zero attached hydrogens (tertiary/aromatic N) is 5. The third-order valence-electron chi connectivity index (χ3n) is 3.96. The number of carbonyl (C=O) groups excluding carboxylic acids is 1. The van der Waals surface area contributed by atoms with Crippen molar-refractivity contribution in [1.29, 1.82) is 0 Å². The molecule has 0 aliphatic carbocycles. The van der Waals surface area contributed by atoms with E-state index in [0.29, 0.717) is 25.4 Å². The van der Waals surface area contributed by atoms with Crippen LogP contribution in [-0.2, 0) is 26.7 Å². The molecule has 0 bridgehead atoms. The zero-order chi connectivity index (χ0) is 15.1. The lowest BCUT2D eigenvalue weighted by Gasteiger charge is -2.14. The van der Waals surface area contributed by atoms with Gasteiger partial charge in [-0.25, -0.2) is 4.98 Å². The summed E-state index contributed by atoms with van der Waals surface area (Å²) >= 11 is 0. The molecule has 0 radical (unpaired) electrons. The van der Waals surface area contributed by atoms with E-state index in [0.717, 1.165) is 17.0 Å². The average Bonchev–Trinajstić information content (AvgIpc) is 3.25. The van der Waals surface area contributed by atoms with Gasteiger partial charge in [-0.2, -0.15) is 5.10 Å². The van der Waals surface area contributed by atoms with Gasteiger partial charge < -0.3 is 13.9 Å². The summed E-state index contributed by atoms with van der Waals surface area (Å²) in [5.41, 5.74) is 3.18. The Morgan fingerprint density at radius 1 is 1.41 bits per heavy atom. The number of fused-ring (bicyclic) bond motifs is 1. The van der Waals surface area contributed by atoms with E-state index in [1.807, 2.05) is 22.5 Å². The third kappa shape index (κ3) is 2.02. The van der Waals surface area contributed by atoms with E-state index in [9.17, 15) is 4.79 Å². The first-order valence-corrected chi connectivity index (χ1v) is 7.04. The van der Waals surface area contributed by atoms with Crippen LogP contribution in [0.2, 0.25) is 0 Å². The Kier molecular flexibility index (Phi) is 2.85. The fourth-order valence-corrected chi connectivity index (χ4v) is 2.85. The van der Waals surface area contributed by atoms with Gasteiger partial charge in [0.15, 0.2) is 5.76 Å². The van der Waals surface area contributed by atoms with Gasteiger partial charge in [-0.3, -0.25) is 9.48 Å². The summed E-state index contributed by atoms with van der Waals surface area (Å²) in [6.45, 7) is 1.78. The maximum atomic E-state index is 12.4. The molecule has 0 unspecified atom stereocenters. The van der Waals surface area contributed by atoms with Gasteiger partial charge in [0.25, 0.3) is 5.91 Å². The lowest BCUT2D eigenvalue weighted by molar-refractivity contribution is 0.0716. The molecule has 112 valence electrons. The molecule has 4 heterocycles. The SMILES string of the molecule is Cn1nc(Cn2ccnc2)c2c1CN(C(=O)c1ccco1)C2. The number of hydrogen-bond donors (Lipinski definition) is 0. The number of rotatable bonds is 3. The molecule has 7 heteroatoms. The Morgan fingerprint density at radius 2 is 2.32 bits per heavy atom. The number of aromatic nitrogens is 4. The highest BCUT2D eigenvalue weighted by molar-refractivity contribution is 5.91. The maximum Gasteiger partial charge on any atom is 0.290 e. The molecule has 7 nitrogen and oxygen atoms in total. The first-order chi connectivity index (χ1) is 10.7. The molecule has 0 fully saturated rings. The number of hydrogen-bond acceptors (Lipinski definition) is 4. The van der Waals surface area contributed by atoms with Crippen molar-refractivity contribution in [3.63, 3.8) is 0 Å². The molecule has 1 aliphatic heterocycles. The van der Waals surface area contributed by atoms with Crippen LogP contribution in [0.1, 0.15) is 27.5 Å². The molecular weight excluding hydrogens is 282 g/mol. The number of aryl methyl sites for hydroxylation is 1. The number of imidazole rings is 1. The average molecular weight is 297 g/mol. The second kappa shape index (κ2) is 4.87. The molecule has 0 saturated heterocycles. The number of amides is 1. The minimum absolute atomic E-state index is 0.0882. The number of furan rings is 1. The second-order valence-corrected chi connectivity index (χ2v) is 5.37. The molecule has 3 aromatic heterocycles. The van der Waals surface area contributed by atoms with Gasteiger partial charge in [0, 0.05) is 25.0 Å². The summed E-state index contributed by atoms with van der Waals surface area (Å²) in [4.78, 5) is 18.2. The maximum absolute atomic E-state index is 12.4. The Morgan fingerprint density at radius 3 is 3.05 bits per heavy atom. The van der Waals surface area contributed by atoms with Crippen LogP contribution in [0.3, 0.4) is 0 Å². The van der Waals surface area contributed by atoms with Gasteiger partial charge in [0.05, 0.1) is 43.6 Å². The van der Waals surface area contributed by atoms with Crippen molar-refractivity contribution in [2.45, 2.75) is 19.6 Å². The zero-order valence-corrected chi connectivity index (χ0v) is 12.1. The van der Waals surface area contributed by atoms with Gasteiger partial charge in [-0.05, 0) is 12.1 Å². The van der Waals surface area contributed by atoms with Crippen molar-refractivity contribution in [2.75, 3.05) is 0 Å². The topological polar surface area (TPSA) is 69.1 Å². The Hall–Kier alpha value is -2.83. The molecule has 3 aromatic rings. The Bertz CT molecular complexity index is 801. The Balaban J connectivity index is 1.60. The van der Waals surface area contributed by atoms with E-state index in [1.165, 1.54) is 6.26 Å². The first kappa shape index (κ1) is 12.9. The largest absolute Gasteiger partial charge is 0.459 e. The van der Waals surface area contributed by atoms with E-state index >= 15 is 0 Å². The van der Waals surface area contributed by atoms with Crippen LogP contribution in [0, 0.1) is 0 Å². The van der Waals surface area contributed by atoms with Crippen molar-refractivity contribution >= 4 is 5.91 Å². The summed E-state index contributed by atoms with van der Waals surface area (Å²) in [6.07, 6.45) is 6.93. The lowest BCUT2D eigenvalue weighted by Crippen LogP contribution is -2.26. The molecular formula is C15H15N5O2. The molecule has 4 rings (SSSR count). The first-order valence-electron chi connectivity index (χ1n) is 7.04. The summed E-state index contributed by atoms with van der Waals surface area (Å²) in [5.74, 6) is 0.284. The smallest absolute Gasteiger partial charge is 0.290 e. The molecule has 0 aromatic carbocycles. The van der Waals surface area contributed by atoms with Gasteiger partial charge in [-0.1, -0.05) is 0 Å². The van der Waals surface area contributed by atoms with Crippen LogP contribution >= 0.6 is 0 Å². The van der Waals surface area contributed by atoms with Crippen molar-refractivity contribution in [3.8, 4) is 0 Å². The molecule has 0 N–H and O–H groups in total. The standard InChI is InChI=1S/C15H15N5O2/c1-18-13-9-20(15(21)14-3-2-6-22-14)7-11(13)12(17-18)8-19-5-4-16-10-19/h2-6,10H,7-9H2,1H3. The summed E-state index contributed by atoms with van der Waals surface area (Å²) in [6, 6.07) is 3.42. The zero-order valence-electron chi connectivity index (χ0n) is 12.1. The number of carbonyl (C=O) groups is 1. The monoisotopic (exact) mass is 297 g/mol. The van der Waals surface area contributed by atoms with Gasteiger partial charge in [0.1, 0.15) is 0 Å². The van der Waals surface area contributed by atoms with E-state index in [2.05, 4.69) is 10.1 Å². The minimum atomic E-state index is -0.0882. The molecule has 22 heavy (non-hydrogen) atoms. The quantitative estimate of drug-likeness (QED) is 0.733. The van der Waals surface area contributed by atoms with Crippen molar-refractivity contribution < 1.29 is 9.21 Å². The molecule has 0 atom stereocenters. The minimum Gasteiger partial charge on any atom is -0.459 e. The van der Waals surface area contributed by atoms with Crippen molar-refractivity contribution in [1.82, 2.24) is 24.2 Å². The van der Waals surface area contributed by atoms with Crippen LogP contribution in [0.15, 0.2) is 41.5 Å². The van der Waals surface area contributed by atoms with Crippen LogP contribution < -0.4 is 0 Å². The van der Waals surface area contributed by atoms with Crippen molar-refractivity contribution in [3.05, 3.63) is 59.8 Å². The van der Waals surface area contributed by atoms with E-state index in [1.54, 1.807) is 29.6 Å². The summed E-state index contributed by atoms with van der Waals surface area (Å²) in [5, 5.41) is 4.57. The summed E-state index contributed by atoms with van der Waals surface area (Å²) in [7, 11) is 1.91. The molecule has 1 aliphatic rings. The van der Waals surface area contributed by atoms with Gasteiger partial charge in [0.2, 0.25) is 0 Å². The van der Waals surface area contributed by atoms with Crippen LogP contribution in [-0.4, -0.2) is 30.1 Å². The third-order valence-corrected chi connectivity index (χ3v) is 3.96. The lowest BCUT2D eigenvalue weighted by atomic mass is 10.2. The molecule has 0 spiro atoms.